The van der Waals surface area contributed by atoms with Crippen molar-refractivity contribution in [1.82, 2.24) is 10.6 Å². The number of hydrogen-bond acceptors (Lipinski definition) is 2. The average molecular weight is 298 g/mol. The summed E-state index contributed by atoms with van der Waals surface area (Å²) in [4.78, 5) is 22.3. The molecule has 0 heterocycles. The molecule has 5 nitrogen and oxygen atoms in total. The van der Waals surface area contributed by atoms with Crippen LogP contribution in [0.25, 0.3) is 0 Å². The van der Waals surface area contributed by atoms with Crippen molar-refractivity contribution < 1.29 is 27.9 Å². The molecule has 0 aromatic carbocycles. The minimum atomic E-state index is -5.09. The van der Waals surface area contributed by atoms with Crippen molar-refractivity contribution in [2.75, 3.05) is 0 Å². The maximum absolute atomic E-state index is 12.7. The van der Waals surface area contributed by atoms with E-state index in [2.05, 4.69) is 5.32 Å². The molecule has 0 aliphatic heterocycles. The maximum atomic E-state index is 12.7. The number of carboxylic acids is 1. The minimum absolute atomic E-state index is 0.304. The Balaban J connectivity index is 4.69. The molecule has 3 unspecified atom stereocenters. The number of rotatable bonds is 6. The lowest BCUT2D eigenvalue weighted by molar-refractivity contribution is -0.203. The number of carbonyl (C=O) groups excluding carboxylic acids is 1. The van der Waals surface area contributed by atoms with Gasteiger partial charge in [-0.2, -0.15) is 13.2 Å². The zero-order valence-electron chi connectivity index (χ0n) is 12.0. The van der Waals surface area contributed by atoms with Crippen molar-refractivity contribution in [3.63, 3.8) is 0 Å². The van der Waals surface area contributed by atoms with Gasteiger partial charge in [-0.3, -0.25) is 0 Å². The van der Waals surface area contributed by atoms with E-state index < -0.39 is 23.7 Å². The van der Waals surface area contributed by atoms with Gasteiger partial charge in [0.05, 0.1) is 0 Å². The van der Waals surface area contributed by atoms with Crippen LogP contribution in [0, 0.1) is 5.92 Å². The molecule has 0 aliphatic carbocycles. The first-order valence-corrected chi connectivity index (χ1v) is 6.32. The van der Waals surface area contributed by atoms with Crippen molar-refractivity contribution in [2.24, 2.45) is 5.92 Å². The van der Waals surface area contributed by atoms with Gasteiger partial charge in [0.15, 0.2) is 0 Å². The predicted octanol–water partition coefficient (Wildman–Crippen LogP) is 2.52. The number of hydrogen-bond donors (Lipinski definition) is 3. The third kappa shape index (κ3) is 4.90. The van der Waals surface area contributed by atoms with Gasteiger partial charge >= 0.3 is 18.2 Å². The lowest BCUT2D eigenvalue weighted by Crippen LogP contribution is -2.64. The zero-order chi connectivity index (χ0) is 16.1. The lowest BCUT2D eigenvalue weighted by atomic mass is 10.0. The van der Waals surface area contributed by atoms with Gasteiger partial charge in [-0.15, -0.1) is 0 Å². The molecule has 0 spiro atoms. The molecule has 0 saturated carbocycles. The van der Waals surface area contributed by atoms with Crippen molar-refractivity contribution in [3.05, 3.63) is 0 Å². The van der Waals surface area contributed by atoms with E-state index in [1.165, 1.54) is 5.32 Å². The topological polar surface area (TPSA) is 78.4 Å². The Morgan fingerprint density at radius 1 is 1.25 bits per heavy atom. The van der Waals surface area contributed by atoms with Crippen LogP contribution in [0.3, 0.4) is 0 Å². The monoisotopic (exact) mass is 298 g/mol. The number of aliphatic carboxylic acids is 1. The van der Waals surface area contributed by atoms with Gasteiger partial charge in [0.1, 0.15) is 0 Å². The number of nitrogens with one attached hydrogen (secondary N) is 2. The zero-order valence-corrected chi connectivity index (χ0v) is 12.0. The Bertz CT molecular complexity index is 360. The fourth-order valence-corrected chi connectivity index (χ4v) is 1.56. The van der Waals surface area contributed by atoms with E-state index in [-0.39, 0.29) is 6.04 Å². The fourth-order valence-electron chi connectivity index (χ4n) is 1.56. The first-order valence-electron chi connectivity index (χ1n) is 6.32. The van der Waals surface area contributed by atoms with E-state index >= 15 is 0 Å². The Hall–Kier alpha value is -1.47. The third-order valence-corrected chi connectivity index (χ3v) is 3.19. The van der Waals surface area contributed by atoms with E-state index in [0.29, 0.717) is 19.3 Å². The van der Waals surface area contributed by atoms with Crippen molar-refractivity contribution >= 4 is 12.0 Å². The Morgan fingerprint density at radius 3 is 2.10 bits per heavy atom. The van der Waals surface area contributed by atoms with Gasteiger partial charge in [0.2, 0.25) is 5.54 Å². The highest BCUT2D eigenvalue weighted by Gasteiger charge is 2.58. The van der Waals surface area contributed by atoms with Crippen molar-refractivity contribution in [1.29, 1.82) is 0 Å². The van der Waals surface area contributed by atoms with Crippen LogP contribution in [0.4, 0.5) is 18.0 Å². The summed E-state index contributed by atoms with van der Waals surface area (Å²) in [6.07, 6.45) is -3.61. The predicted molar refractivity (Wildman–Crippen MR) is 67.3 cm³/mol. The molecule has 0 aromatic heterocycles. The summed E-state index contributed by atoms with van der Waals surface area (Å²) in [5.41, 5.74) is -3.31. The van der Waals surface area contributed by atoms with Gasteiger partial charge in [-0.05, 0) is 26.2 Å². The highest BCUT2D eigenvalue weighted by molar-refractivity contribution is 5.86. The van der Waals surface area contributed by atoms with E-state index in [9.17, 15) is 22.8 Å². The summed E-state index contributed by atoms with van der Waals surface area (Å²) >= 11 is 0. The normalized spacial score (nSPS) is 17.8. The van der Waals surface area contributed by atoms with Gasteiger partial charge in [0, 0.05) is 6.04 Å². The maximum Gasteiger partial charge on any atom is 0.422 e. The van der Waals surface area contributed by atoms with Crippen LogP contribution in [0.5, 0.6) is 0 Å². The second kappa shape index (κ2) is 6.81. The third-order valence-electron chi connectivity index (χ3n) is 3.19. The SMILES string of the molecule is CCC(C)CC(C)NC(=O)NC(C)(C(=O)O)C(F)(F)F. The fraction of sp³-hybridized carbons (Fsp3) is 0.833. The molecule has 3 N–H and O–H groups in total. The average Bonchev–Trinajstić information content (AvgIpc) is 2.26. The Kier molecular flexibility index (Phi) is 6.31. The molecule has 0 aromatic rings. The first-order chi connectivity index (χ1) is 8.94. The number of carboxylic acid groups (broad SMARTS) is 1. The summed E-state index contributed by atoms with van der Waals surface area (Å²) < 4.78 is 38.1. The molecular weight excluding hydrogens is 277 g/mol. The van der Waals surface area contributed by atoms with Crippen LogP contribution in [0.15, 0.2) is 0 Å². The molecule has 0 radical (unpaired) electrons. The first kappa shape index (κ1) is 18.5. The molecule has 20 heavy (non-hydrogen) atoms. The second-order valence-electron chi connectivity index (χ2n) is 5.18. The lowest BCUT2D eigenvalue weighted by Gasteiger charge is -2.29. The number of alkyl halides is 3. The summed E-state index contributed by atoms with van der Waals surface area (Å²) in [7, 11) is 0. The van der Waals surface area contributed by atoms with Crippen LogP contribution in [-0.2, 0) is 4.79 Å². The van der Waals surface area contributed by atoms with Crippen LogP contribution in [0.2, 0.25) is 0 Å². The summed E-state index contributed by atoms with van der Waals surface area (Å²) in [6, 6.07) is -1.50. The molecule has 8 heteroatoms. The van der Waals surface area contributed by atoms with Gasteiger partial charge in [-0.1, -0.05) is 20.3 Å². The van der Waals surface area contributed by atoms with E-state index in [0.717, 1.165) is 6.42 Å². The molecule has 0 aliphatic rings. The number of urea groups is 1. The highest BCUT2D eigenvalue weighted by Crippen LogP contribution is 2.30. The molecule has 3 atom stereocenters. The van der Waals surface area contributed by atoms with Gasteiger partial charge in [-0.25, -0.2) is 9.59 Å². The Morgan fingerprint density at radius 2 is 1.75 bits per heavy atom. The quantitative estimate of drug-likeness (QED) is 0.705. The molecule has 0 bridgehead atoms. The summed E-state index contributed by atoms with van der Waals surface area (Å²) in [6.45, 7) is 5.97. The molecule has 0 fully saturated rings. The highest BCUT2D eigenvalue weighted by atomic mass is 19.4. The Labute approximate surface area is 115 Å². The van der Waals surface area contributed by atoms with Gasteiger partial charge in [0.25, 0.3) is 0 Å². The summed E-state index contributed by atoms with van der Waals surface area (Å²) in [5, 5.41) is 12.5. The molecule has 2 amide bonds. The minimum Gasteiger partial charge on any atom is -0.479 e. The smallest absolute Gasteiger partial charge is 0.422 e. The van der Waals surface area contributed by atoms with Crippen LogP contribution < -0.4 is 10.6 Å². The summed E-state index contributed by atoms with van der Waals surface area (Å²) in [5.74, 6) is -1.85. The van der Waals surface area contributed by atoms with E-state index in [4.69, 9.17) is 5.11 Å². The molecule has 0 saturated heterocycles. The van der Waals surface area contributed by atoms with Crippen LogP contribution >= 0.6 is 0 Å². The second-order valence-corrected chi connectivity index (χ2v) is 5.18. The molecular formula is C12H21F3N2O3. The largest absolute Gasteiger partial charge is 0.479 e. The van der Waals surface area contributed by atoms with Crippen molar-refractivity contribution in [2.45, 2.75) is 58.3 Å². The number of halogens is 3. The van der Waals surface area contributed by atoms with Crippen LogP contribution in [0.1, 0.15) is 40.5 Å². The van der Waals surface area contributed by atoms with Gasteiger partial charge < -0.3 is 15.7 Å². The van der Waals surface area contributed by atoms with Crippen LogP contribution in [-0.4, -0.2) is 34.9 Å². The molecule has 118 valence electrons. The number of carbonyl (C=O) groups is 2. The van der Waals surface area contributed by atoms with E-state index in [1.807, 2.05) is 13.8 Å². The molecule has 0 rings (SSSR count). The van der Waals surface area contributed by atoms with Crippen molar-refractivity contribution in [3.8, 4) is 0 Å². The standard InChI is InChI=1S/C12H21F3N2O3/c1-5-7(2)6-8(3)16-10(20)17-11(4,9(18)19)12(13,14)15/h7-8H,5-6H2,1-4H3,(H,18,19)(H2,16,17,20). The van der Waals surface area contributed by atoms with E-state index in [1.54, 1.807) is 6.92 Å². The number of amides is 2.